The molecule has 0 spiro atoms. The van der Waals surface area contributed by atoms with E-state index in [1.54, 1.807) is 0 Å². The molecule has 2 heteroatoms. The van der Waals surface area contributed by atoms with Gasteiger partial charge in [-0.25, -0.2) is 0 Å². The lowest BCUT2D eigenvalue weighted by atomic mass is 10.0. The minimum absolute atomic E-state index is 0.302. The minimum atomic E-state index is 0.302. The highest BCUT2D eigenvalue weighted by Crippen LogP contribution is 2.39. The highest BCUT2D eigenvalue weighted by Gasteiger charge is 2.35. The molecular weight excluding hydrogens is 154 g/mol. The summed E-state index contributed by atoms with van der Waals surface area (Å²) in [6, 6.07) is 0.576. The first-order chi connectivity index (χ1) is 4.95. The van der Waals surface area contributed by atoms with Gasteiger partial charge in [-0.15, -0.1) is 11.8 Å². The normalized spacial score (nSPS) is 23.4. The summed E-state index contributed by atoms with van der Waals surface area (Å²) in [6.07, 6.45) is 0. The van der Waals surface area contributed by atoms with Crippen molar-refractivity contribution in [2.75, 3.05) is 5.75 Å². The van der Waals surface area contributed by atoms with E-state index in [1.165, 1.54) is 10.8 Å². The lowest BCUT2D eigenvalue weighted by molar-refractivity contribution is 0.175. The lowest BCUT2D eigenvalue weighted by Gasteiger charge is -2.36. The third-order valence-electron chi connectivity index (χ3n) is 2.03. The van der Waals surface area contributed by atoms with E-state index in [0.29, 0.717) is 11.6 Å². The molecule has 0 atom stereocenters. The average molecular weight is 171 g/mol. The Kier molecular flexibility index (Phi) is 2.24. The van der Waals surface area contributed by atoms with Crippen molar-refractivity contribution < 1.29 is 0 Å². The van der Waals surface area contributed by atoms with Gasteiger partial charge in [0, 0.05) is 17.3 Å². The summed E-state index contributed by atoms with van der Waals surface area (Å²) in [4.78, 5) is 2.40. The lowest BCUT2D eigenvalue weighted by Crippen LogP contribution is -2.43. The molecule has 0 unspecified atom stereocenters. The standard InChI is InChI=1S/C9H17NS/c1-7(2)10-8(3)11-6-9(10,4)5/h7H,3,6H2,1-2,4-5H3. The number of rotatable bonds is 1. The first-order valence-corrected chi connectivity index (χ1v) is 5.05. The zero-order valence-electron chi connectivity index (χ0n) is 7.85. The Hall–Kier alpha value is -0.110. The van der Waals surface area contributed by atoms with Crippen LogP contribution in [0.4, 0.5) is 0 Å². The van der Waals surface area contributed by atoms with E-state index < -0.39 is 0 Å². The summed E-state index contributed by atoms with van der Waals surface area (Å²) < 4.78 is 0. The van der Waals surface area contributed by atoms with Crippen LogP contribution >= 0.6 is 11.8 Å². The van der Waals surface area contributed by atoms with E-state index in [9.17, 15) is 0 Å². The Bertz CT molecular complexity index is 172. The molecule has 11 heavy (non-hydrogen) atoms. The molecule has 0 amide bonds. The predicted molar refractivity (Wildman–Crippen MR) is 52.7 cm³/mol. The molecule has 1 aliphatic heterocycles. The second-order valence-electron chi connectivity index (χ2n) is 3.96. The molecule has 1 aliphatic rings. The maximum Gasteiger partial charge on any atom is 0.0642 e. The van der Waals surface area contributed by atoms with Gasteiger partial charge < -0.3 is 4.90 Å². The van der Waals surface area contributed by atoms with Gasteiger partial charge in [0.2, 0.25) is 0 Å². The van der Waals surface area contributed by atoms with Gasteiger partial charge in [-0.1, -0.05) is 6.58 Å². The number of thioether (sulfide) groups is 1. The van der Waals surface area contributed by atoms with Crippen LogP contribution in [0.1, 0.15) is 27.7 Å². The zero-order chi connectivity index (χ0) is 8.65. The van der Waals surface area contributed by atoms with E-state index in [4.69, 9.17) is 0 Å². The molecule has 0 saturated carbocycles. The van der Waals surface area contributed by atoms with Gasteiger partial charge in [-0.3, -0.25) is 0 Å². The van der Waals surface area contributed by atoms with Gasteiger partial charge in [0.05, 0.1) is 5.03 Å². The summed E-state index contributed by atoms with van der Waals surface area (Å²) in [5.74, 6) is 1.17. The smallest absolute Gasteiger partial charge is 0.0642 e. The van der Waals surface area contributed by atoms with Crippen LogP contribution in [0, 0.1) is 0 Å². The predicted octanol–water partition coefficient (Wildman–Crippen LogP) is 2.69. The first kappa shape index (κ1) is 8.98. The van der Waals surface area contributed by atoms with Gasteiger partial charge in [0.25, 0.3) is 0 Å². The number of nitrogens with zero attached hydrogens (tertiary/aromatic N) is 1. The van der Waals surface area contributed by atoms with E-state index in [1.807, 2.05) is 11.8 Å². The van der Waals surface area contributed by atoms with Gasteiger partial charge in [0.15, 0.2) is 0 Å². The number of hydrogen-bond acceptors (Lipinski definition) is 2. The number of hydrogen-bond donors (Lipinski definition) is 0. The van der Waals surface area contributed by atoms with Crippen LogP contribution in [0.5, 0.6) is 0 Å². The van der Waals surface area contributed by atoms with Crippen molar-refractivity contribution in [3.63, 3.8) is 0 Å². The zero-order valence-corrected chi connectivity index (χ0v) is 8.66. The van der Waals surface area contributed by atoms with Gasteiger partial charge in [-0.05, 0) is 27.7 Å². The van der Waals surface area contributed by atoms with Gasteiger partial charge in [-0.2, -0.15) is 0 Å². The summed E-state index contributed by atoms with van der Waals surface area (Å²) in [5.41, 5.74) is 0.302. The molecule has 1 heterocycles. The van der Waals surface area contributed by atoms with Crippen molar-refractivity contribution in [1.82, 2.24) is 4.90 Å². The van der Waals surface area contributed by atoms with Crippen LogP contribution in [0.15, 0.2) is 11.6 Å². The summed E-state index contributed by atoms with van der Waals surface area (Å²) in [7, 11) is 0. The van der Waals surface area contributed by atoms with E-state index >= 15 is 0 Å². The van der Waals surface area contributed by atoms with Crippen LogP contribution in [0.25, 0.3) is 0 Å². The van der Waals surface area contributed by atoms with Crippen LogP contribution < -0.4 is 0 Å². The monoisotopic (exact) mass is 171 g/mol. The maximum absolute atomic E-state index is 4.04. The molecule has 0 radical (unpaired) electrons. The highest BCUT2D eigenvalue weighted by atomic mass is 32.2. The van der Waals surface area contributed by atoms with Crippen molar-refractivity contribution in [3.05, 3.63) is 11.6 Å². The van der Waals surface area contributed by atoms with Crippen molar-refractivity contribution in [2.24, 2.45) is 0 Å². The highest BCUT2D eigenvalue weighted by molar-refractivity contribution is 8.03. The Balaban J connectivity index is 2.80. The Morgan fingerprint density at radius 3 is 2.27 bits per heavy atom. The summed E-state index contributed by atoms with van der Waals surface area (Å²) in [5, 5.41) is 1.23. The molecule has 64 valence electrons. The van der Waals surface area contributed by atoms with Crippen molar-refractivity contribution in [2.45, 2.75) is 39.3 Å². The Morgan fingerprint density at radius 2 is 2.09 bits per heavy atom. The Morgan fingerprint density at radius 1 is 1.55 bits per heavy atom. The summed E-state index contributed by atoms with van der Waals surface area (Å²) >= 11 is 1.87. The third-order valence-corrected chi connectivity index (χ3v) is 3.41. The molecule has 0 aromatic heterocycles. The van der Waals surface area contributed by atoms with Crippen molar-refractivity contribution in [1.29, 1.82) is 0 Å². The maximum atomic E-state index is 4.04. The van der Waals surface area contributed by atoms with Crippen LogP contribution in [0.3, 0.4) is 0 Å². The molecule has 1 fully saturated rings. The molecule has 1 saturated heterocycles. The first-order valence-electron chi connectivity index (χ1n) is 4.06. The molecule has 1 rings (SSSR count). The van der Waals surface area contributed by atoms with Crippen LogP contribution in [-0.2, 0) is 0 Å². The molecular formula is C9H17NS. The minimum Gasteiger partial charge on any atom is -0.358 e. The van der Waals surface area contributed by atoms with Crippen LogP contribution in [-0.4, -0.2) is 22.2 Å². The fraction of sp³-hybridized carbons (Fsp3) is 0.778. The quantitative estimate of drug-likeness (QED) is 0.597. The molecule has 0 bridgehead atoms. The molecule has 0 aromatic rings. The Labute approximate surface area is 73.8 Å². The fourth-order valence-corrected chi connectivity index (χ4v) is 2.98. The second kappa shape index (κ2) is 2.74. The molecule has 1 nitrogen and oxygen atoms in total. The van der Waals surface area contributed by atoms with Gasteiger partial charge >= 0.3 is 0 Å². The topological polar surface area (TPSA) is 3.24 Å². The average Bonchev–Trinajstić information content (AvgIpc) is 2.06. The van der Waals surface area contributed by atoms with Crippen molar-refractivity contribution in [3.8, 4) is 0 Å². The summed E-state index contributed by atoms with van der Waals surface area (Å²) in [6.45, 7) is 13.0. The van der Waals surface area contributed by atoms with E-state index in [2.05, 4.69) is 39.2 Å². The molecule has 0 aliphatic carbocycles. The second-order valence-corrected chi connectivity index (χ2v) is 5.01. The third kappa shape index (κ3) is 1.56. The molecule has 0 aromatic carbocycles. The van der Waals surface area contributed by atoms with E-state index in [0.717, 1.165) is 0 Å². The van der Waals surface area contributed by atoms with Crippen LogP contribution in [0.2, 0.25) is 0 Å². The van der Waals surface area contributed by atoms with E-state index in [-0.39, 0.29) is 0 Å². The molecule has 0 N–H and O–H groups in total. The van der Waals surface area contributed by atoms with Crippen molar-refractivity contribution >= 4 is 11.8 Å². The fourth-order valence-electron chi connectivity index (χ4n) is 1.72. The largest absolute Gasteiger partial charge is 0.358 e. The SMILES string of the molecule is C=C1SCC(C)(C)N1C(C)C. The van der Waals surface area contributed by atoms with Gasteiger partial charge in [0.1, 0.15) is 0 Å².